The standard InChI is InChI=1S/C18H21NO3S/c1-10-6-7-16(11(2)8-10)19-17(20)13(4)22-18(21)15-9-12(3)23-14(15)5/h6-9,13H,1-5H3,(H,19,20)/t13-/m1/s1. The number of benzene rings is 1. The number of anilines is 1. The molecule has 0 saturated heterocycles. The van der Waals surface area contributed by atoms with Crippen LogP contribution < -0.4 is 5.32 Å². The van der Waals surface area contributed by atoms with E-state index in [0.717, 1.165) is 26.6 Å². The van der Waals surface area contributed by atoms with Crippen molar-refractivity contribution in [3.05, 3.63) is 50.7 Å². The van der Waals surface area contributed by atoms with Gasteiger partial charge in [0.1, 0.15) is 0 Å². The van der Waals surface area contributed by atoms with Gasteiger partial charge in [-0.2, -0.15) is 0 Å². The first-order chi connectivity index (χ1) is 10.8. The van der Waals surface area contributed by atoms with E-state index in [1.165, 1.54) is 11.3 Å². The predicted molar refractivity (Wildman–Crippen MR) is 93.2 cm³/mol. The summed E-state index contributed by atoms with van der Waals surface area (Å²) in [6.45, 7) is 9.30. The summed E-state index contributed by atoms with van der Waals surface area (Å²) >= 11 is 1.54. The van der Waals surface area contributed by atoms with Crippen molar-refractivity contribution in [1.82, 2.24) is 0 Å². The monoisotopic (exact) mass is 331 g/mol. The van der Waals surface area contributed by atoms with Crippen LogP contribution >= 0.6 is 11.3 Å². The molecule has 0 aliphatic heterocycles. The van der Waals surface area contributed by atoms with Crippen LogP contribution in [-0.4, -0.2) is 18.0 Å². The molecule has 0 radical (unpaired) electrons. The van der Waals surface area contributed by atoms with Gasteiger partial charge in [0.25, 0.3) is 5.91 Å². The Labute approximate surface area is 140 Å². The molecule has 0 saturated carbocycles. The Bertz CT molecular complexity index is 749. The molecule has 0 aliphatic carbocycles. The number of amides is 1. The lowest BCUT2D eigenvalue weighted by Crippen LogP contribution is -2.30. The van der Waals surface area contributed by atoms with Crippen molar-refractivity contribution in [2.24, 2.45) is 0 Å². The molecule has 1 atom stereocenters. The fraction of sp³-hybridized carbons (Fsp3) is 0.333. The predicted octanol–water partition coefficient (Wildman–Crippen LogP) is 4.17. The minimum Gasteiger partial charge on any atom is -0.449 e. The van der Waals surface area contributed by atoms with E-state index in [-0.39, 0.29) is 5.91 Å². The lowest BCUT2D eigenvalue weighted by atomic mass is 10.1. The van der Waals surface area contributed by atoms with E-state index in [1.807, 2.05) is 45.9 Å². The van der Waals surface area contributed by atoms with Crippen LogP contribution in [-0.2, 0) is 9.53 Å². The molecule has 1 aromatic heterocycles. The van der Waals surface area contributed by atoms with Crippen molar-refractivity contribution in [3.8, 4) is 0 Å². The number of hydrogen-bond donors (Lipinski definition) is 1. The summed E-state index contributed by atoms with van der Waals surface area (Å²) in [5.74, 6) is -0.801. The van der Waals surface area contributed by atoms with E-state index in [0.29, 0.717) is 5.56 Å². The number of hydrogen-bond acceptors (Lipinski definition) is 4. The molecule has 122 valence electrons. The molecule has 2 rings (SSSR count). The van der Waals surface area contributed by atoms with Crippen LogP contribution in [0.15, 0.2) is 24.3 Å². The van der Waals surface area contributed by atoms with E-state index in [1.54, 1.807) is 13.0 Å². The van der Waals surface area contributed by atoms with Crippen LogP contribution in [0.3, 0.4) is 0 Å². The topological polar surface area (TPSA) is 55.4 Å². The van der Waals surface area contributed by atoms with Crippen molar-refractivity contribution < 1.29 is 14.3 Å². The van der Waals surface area contributed by atoms with E-state index in [2.05, 4.69) is 5.32 Å². The molecule has 0 unspecified atom stereocenters. The quantitative estimate of drug-likeness (QED) is 0.856. The minimum absolute atomic E-state index is 0.338. The first-order valence-electron chi connectivity index (χ1n) is 7.44. The average Bonchev–Trinajstić information content (AvgIpc) is 2.80. The molecule has 4 nitrogen and oxygen atoms in total. The Morgan fingerprint density at radius 1 is 1.13 bits per heavy atom. The molecule has 1 heterocycles. The van der Waals surface area contributed by atoms with Crippen LogP contribution in [0, 0.1) is 27.7 Å². The van der Waals surface area contributed by atoms with E-state index in [4.69, 9.17) is 4.74 Å². The van der Waals surface area contributed by atoms with Crippen LogP contribution in [0.5, 0.6) is 0 Å². The number of aryl methyl sites for hydroxylation is 4. The summed E-state index contributed by atoms with van der Waals surface area (Å²) in [4.78, 5) is 26.3. The normalized spacial score (nSPS) is 11.9. The van der Waals surface area contributed by atoms with Crippen molar-refractivity contribution >= 4 is 28.9 Å². The van der Waals surface area contributed by atoms with Gasteiger partial charge >= 0.3 is 5.97 Å². The van der Waals surface area contributed by atoms with E-state index >= 15 is 0 Å². The average molecular weight is 331 g/mol. The van der Waals surface area contributed by atoms with Gasteiger partial charge in [0, 0.05) is 15.4 Å². The second-order valence-corrected chi connectivity index (χ2v) is 7.14. The van der Waals surface area contributed by atoms with Gasteiger partial charge in [-0.1, -0.05) is 17.7 Å². The smallest absolute Gasteiger partial charge is 0.340 e. The van der Waals surface area contributed by atoms with Gasteiger partial charge in [0.2, 0.25) is 0 Å². The summed E-state index contributed by atoms with van der Waals surface area (Å²) in [7, 11) is 0. The van der Waals surface area contributed by atoms with Gasteiger partial charge in [-0.15, -0.1) is 11.3 Å². The number of ether oxygens (including phenoxy) is 1. The molecule has 2 aromatic rings. The maximum atomic E-state index is 12.2. The highest BCUT2D eigenvalue weighted by molar-refractivity contribution is 7.12. The molecule has 5 heteroatoms. The number of carbonyl (C=O) groups is 2. The van der Waals surface area contributed by atoms with Crippen LogP contribution in [0.4, 0.5) is 5.69 Å². The van der Waals surface area contributed by atoms with Crippen molar-refractivity contribution in [2.45, 2.75) is 40.7 Å². The number of nitrogens with one attached hydrogen (secondary N) is 1. The number of rotatable bonds is 4. The summed E-state index contributed by atoms with van der Waals surface area (Å²) in [5, 5.41) is 2.80. The first kappa shape index (κ1) is 17.2. The third kappa shape index (κ3) is 4.20. The Balaban J connectivity index is 2.02. The SMILES string of the molecule is Cc1ccc(NC(=O)[C@@H](C)OC(=O)c2cc(C)sc2C)c(C)c1. The molecule has 1 aromatic carbocycles. The Hall–Kier alpha value is -2.14. The highest BCUT2D eigenvalue weighted by Gasteiger charge is 2.21. The van der Waals surface area contributed by atoms with Crippen molar-refractivity contribution in [1.29, 1.82) is 0 Å². The fourth-order valence-corrected chi connectivity index (χ4v) is 3.21. The Morgan fingerprint density at radius 3 is 2.39 bits per heavy atom. The summed E-state index contributed by atoms with van der Waals surface area (Å²) in [6.07, 6.45) is -0.859. The van der Waals surface area contributed by atoms with Crippen molar-refractivity contribution in [2.75, 3.05) is 5.32 Å². The molecular formula is C18H21NO3S. The lowest BCUT2D eigenvalue weighted by Gasteiger charge is -2.15. The highest BCUT2D eigenvalue weighted by Crippen LogP contribution is 2.22. The zero-order valence-corrected chi connectivity index (χ0v) is 14.8. The minimum atomic E-state index is -0.859. The molecule has 0 bridgehead atoms. The largest absolute Gasteiger partial charge is 0.449 e. The Kier molecular flexibility index (Phi) is 5.21. The van der Waals surface area contributed by atoms with Gasteiger partial charge < -0.3 is 10.1 Å². The van der Waals surface area contributed by atoms with E-state index < -0.39 is 12.1 Å². The third-order valence-electron chi connectivity index (χ3n) is 3.55. The second-order valence-electron chi connectivity index (χ2n) is 5.68. The number of esters is 1. The van der Waals surface area contributed by atoms with Crippen LogP contribution in [0.1, 0.15) is 38.2 Å². The third-order valence-corrected chi connectivity index (χ3v) is 4.52. The van der Waals surface area contributed by atoms with Gasteiger partial charge in [-0.25, -0.2) is 4.79 Å². The summed E-state index contributed by atoms with van der Waals surface area (Å²) < 4.78 is 5.28. The maximum absolute atomic E-state index is 12.2. The number of thiophene rings is 1. The Morgan fingerprint density at radius 2 is 1.83 bits per heavy atom. The molecule has 0 fully saturated rings. The van der Waals surface area contributed by atoms with Gasteiger partial charge in [0.05, 0.1) is 5.56 Å². The highest BCUT2D eigenvalue weighted by atomic mass is 32.1. The van der Waals surface area contributed by atoms with Gasteiger partial charge in [-0.05, 0) is 52.3 Å². The lowest BCUT2D eigenvalue weighted by molar-refractivity contribution is -0.123. The van der Waals surface area contributed by atoms with Crippen LogP contribution in [0.2, 0.25) is 0 Å². The fourth-order valence-electron chi connectivity index (χ4n) is 2.30. The van der Waals surface area contributed by atoms with Crippen LogP contribution in [0.25, 0.3) is 0 Å². The molecule has 1 N–H and O–H groups in total. The molecular weight excluding hydrogens is 310 g/mol. The molecule has 0 aliphatic rings. The summed E-state index contributed by atoms with van der Waals surface area (Å²) in [6, 6.07) is 7.56. The zero-order chi connectivity index (χ0) is 17.1. The van der Waals surface area contributed by atoms with E-state index in [9.17, 15) is 9.59 Å². The number of carbonyl (C=O) groups excluding carboxylic acids is 2. The maximum Gasteiger partial charge on any atom is 0.340 e. The molecule has 1 amide bonds. The molecule has 0 spiro atoms. The first-order valence-corrected chi connectivity index (χ1v) is 8.25. The van der Waals surface area contributed by atoms with Gasteiger partial charge in [-0.3, -0.25) is 4.79 Å². The summed E-state index contributed by atoms with van der Waals surface area (Å²) in [5.41, 5.74) is 3.36. The van der Waals surface area contributed by atoms with Crippen molar-refractivity contribution in [3.63, 3.8) is 0 Å². The van der Waals surface area contributed by atoms with Gasteiger partial charge in [0.15, 0.2) is 6.10 Å². The molecule has 23 heavy (non-hydrogen) atoms. The second kappa shape index (κ2) is 6.96. The zero-order valence-electron chi connectivity index (χ0n) is 14.0.